The second kappa shape index (κ2) is 4.20. The van der Waals surface area contributed by atoms with E-state index >= 15 is 0 Å². The average molecular weight is 230 g/mol. The van der Waals surface area contributed by atoms with Gasteiger partial charge >= 0.3 is 0 Å². The van der Waals surface area contributed by atoms with E-state index in [-0.39, 0.29) is 5.41 Å². The normalized spacial score (nSPS) is 11.7. The summed E-state index contributed by atoms with van der Waals surface area (Å²) in [7, 11) is 0. The monoisotopic (exact) mass is 230 g/mol. The predicted octanol–water partition coefficient (Wildman–Crippen LogP) is 2.21. The van der Waals surface area contributed by atoms with Crippen LogP contribution in [0.3, 0.4) is 0 Å². The Labute approximate surface area is 101 Å². The number of hydrogen-bond donors (Lipinski definition) is 1. The zero-order valence-electron chi connectivity index (χ0n) is 10.5. The van der Waals surface area contributed by atoms with Gasteiger partial charge in [-0.3, -0.25) is 4.98 Å². The molecule has 0 saturated carbocycles. The third-order valence-electron chi connectivity index (χ3n) is 2.63. The number of aromatic nitrogens is 3. The molecule has 0 saturated heterocycles. The Morgan fingerprint density at radius 3 is 2.65 bits per heavy atom. The molecule has 2 aromatic heterocycles. The van der Waals surface area contributed by atoms with Gasteiger partial charge in [-0.05, 0) is 11.6 Å². The first kappa shape index (κ1) is 11.6. The van der Waals surface area contributed by atoms with Crippen molar-refractivity contribution in [2.24, 2.45) is 0 Å². The van der Waals surface area contributed by atoms with Gasteiger partial charge in [-0.25, -0.2) is 4.68 Å². The number of nitrogens with two attached hydrogens (primary N) is 1. The third kappa shape index (κ3) is 2.64. The molecule has 17 heavy (non-hydrogen) atoms. The first-order valence-corrected chi connectivity index (χ1v) is 5.69. The lowest BCUT2D eigenvalue weighted by Crippen LogP contribution is -2.13. The highest BCUT2D eigenvalue weighted by Crippen LogP contribution is 2.22. The summed E-state index contributed by atoms with van der Waals surface area (Å²) in [4.78, 5) is 4.08. The minimum absolute atomic E-state index is 0.0221. The average Bonchev–Trinajstić information content (AvgIpc) is 2.62. The van der Waals surface area contributed by atoms with E-state index in [1.807, 2.05) is 29.1 Å². The van der Waals surface area contributed by atoms with Crippen molar-refractivity contribution in [3.05, 3.63) is 41.9 Å². The van der Waals surface area contributed by atoms with E-state index in [9.17, 15) is 0 Å². The van der Waals surface area contributed by atoms with Crippen molar-refractivity contribution in [3.63, 3.8) is 0 Å². The van der Waals surface area contributed by atoms with Crippen LogP contribution in [0.5, 0.6) is 0 Å². The second-order valence-corrected chi connectivity index (χ2v) is 5.22. The van der Waals surface area contributed by atoms with E-state index in [0.717, 1.165) is 11.3 Å². The standard InChI is InChI=1S/C13H18N4/c1-13(2,3)11-7-12(14)17(16-11)9-10-5-4-6-15-8-10/h4-8H,9,14H2,1-3H3. The molecular formula is C13H18N4. The molecule has 90 valence electrons. The van der Waals surface area contributed by atoms with Crippen molar-refractivity contribution in [1.29, 1.82) is 0 Å². The smallest absolute Gasteiger partial charge is 0.122 e. The van der Waals surface area contributed by atoms with Crippen LogP contribution in [0, 0.1) is 0 Å². The summed E-state index contributed by atoms with van der Waals surface area (Å²) >= 11 is 0. The molecule has 4 heteroatoms. The Morgan fingerprint density at radius 2 is 2.12 bits per heavy atom. The van der Waals surface area contributed by atoms with Gasteiger partial charge in [-0.2, -0.15) is 5.10 Å². The number of anilines is 1. The Kier molecular flexibility index (Phi) is 2.88. The van der Waals surface area contributed by atoms with Gasteiger partial charge in [-0.1, -0.05) is 26.8 Å². The maximum atomic E-state index is 5.97. The SMILES string of the molecule is CC(C)(C)c1cc(N)n(Cc2cccnc2)n1. The quantitative estimate of drug-likeness (QED) is 0.860. The molecule has 2 heterocycles. The second-order valence-electron chi connectivity index (χ2n) is 5.22. The maximum absolute atomic E-state index is 5.97. The molecule has 0 aliphatic carbocycles. The summed E-state index contributed by atoms with van der Waals surface area (Å²) < 4.78 is 1.82. The van der Waals surface area contributed by atoms with E-state index in [4.69, 9.17) is 5.73 Å². The molecule has 0 radical (unpaired) electrons. The van der Waals surface area contributed by atoms with Crippen LogP contribution in [0.15, 0.2) is 30.6 Å². The van der Waals surface area contributed by atoms with Crippen LogP contribution in [0.4, 0.5) is 5.82 Å². The number of pyridine rings is 1. The molecule has 0 aromatic carbocycles. The van der Waals surface area contributed by atoms with Gasteiger partial charge in [0, 0.05) is 23.9 Å². The zero-order valence-corrected chi connectivity index (χ0v) is 10.5. The molecule has 2 N–H and O–H groups in total. The van der Waals surface area contributed by atoms with Crippen LogP contribution in [-0.4, -0.2) is 14.8 Å². The van der Waals surface area contributed by atoms with Crippen LogP contribution < -0.4 is 5.73 Å². The molecule has 0 aliphatic rings. The molecule has 0 spiro atoms. The lowest BCUT2D eigenvalue weighted by molar-refractivity contribution is 0.546. The van der Waals surface area contributed by atoms with Crippen molar-refractivity contribution < 1.29 is 0 Å². The van der Waals surface area contributed by atoms with Gasteiger partial charge in [0.1, 0.15) is 5.82 Å². The molecular weight excluding hydrogens is 212 g/mol. The predicted molar refractivity (Wildman–Crippen MR) is 68.7 cm³/mol. The molecule has 2 rings (SSSR count). The number of nitrogens with zero attached hydrogens (tertiary/aromatic N) is 3. The number of hydrogen-bond acceptors (Lipinski definition) is 3. The summed E-state index contributed by atoms with van der Waals surface area (Å²) in [5.74, 6) is 0.693. The Bertz CT molecular complexity index is 494. The van der Waals surface area contributed by atoms with Crippen molar-refractivity contribution >= 4 is 5.82 Å². The van der Waals surface area contributed by atoms with Gasteiger partial charge in [0.05, 0.1) is 12.2 Å². The highest BCUT2D eigenvalue weighted by atomic mass is 15.3. The Hall–Kier alpha value is -1.84. The van der Waals surface area contributed by atoms with Gasteiger partial charge in [0.25, 0.3) is 0 Å². The molecule has 4 nitrogen and oxygen atoms in total. The highest BCUT2D eigenvalue weighted by Gasteiger charge is 2.18. The topological polar surface area (TPSA) is 56.7 Å². The van der Waals surface area contributed by atoms with Crippen LogP contribution in [-0.2, 0) is 12.0 Å². The summed E-state index contributed by atoms with van der Waals surface area (Å²) in [6.07, 6.45) is 3.59. The van der Waals surface area contributed by atoms with Crippen LogP contribution in [0.25, 0.3) is 0 Å². The van der Waals surface area contributed by atoms with Gasteiger partial charge in [0.15, 0.2) is 0 Å². The fourth-order valence-corrected chi connectivity index (χ4v) is 1.59. The molecule has 0 unspecified atom stereocenters. The third-order valence-corrected chi connectivity index (χ3v) is 2.63. The Balaban J connectivity index is 2.26. The minimum Gasteiger partial charge on any atom is -0.384 e. The van der Waals surface area contributed by atoms with Crippen LogP contribution in [0.2, 0.25) is 0 Å². The molecule has 0 aliphatic heterocycles. The zero-order chi connectivity index (χ0) is 12.5. The largest absolute Gasteiger partial charge is 0.384 e. The van der Waals surface area contributed by atoms with E-state index < -0.39 is 0 Å². The van der Waals surface area contributed by atoms with E-state index in [0.29, 0.717) is 12.4 Å². The molecule has 2 aromatic rings. The molecule has 0 amide bonds. The van der Waals surface area contributed by atoms with Gasteiger partial charge in [0.2, 0.25) is 0 Å². The molecule has 0 atom stereocenters. The summed E-state index contributed by atoms with van der Waals surface area (Å²) in [5, 5.41) is 4.54. The first-order chi connectivity index (χ1) is 7.97. The summed E-state index contributed by atoms with van der Waals surface area (Å²) in [6.45, 7) is 7.05. The minimum atomic E-state index is 0.0221. The molecule has 0 fully saturated rings. The van der Waals surface area contributed by atoms with Crippen LogP contribution in [0.1, 0.15) is 32.0 Å². The number of nitrogen functional groups attached to an aromatic ring is 1. The lowest BCUT2D eigenvalue weighted by atomic mass is 9.92. The van der Waals surface area contributed by atoms with Crippen molar-refractivity contribution in [2.75, 3.05) is 5.73 Å². The fourth-order valence-electron chi connectivity index (χ4n) is 1.59. The summed E-state index contributed by atoms with van der Waals surface area (Å²) in [5.41, 5.74) is 8.10. The highest BCUT2D eigenvalue weighted by molar-refractivity contribution is 5.34. The first-order valence-electron chi connectivity index (χ1n) is 5.69. The van der Waals surface area contributed by atoms with E-state index in [1.54, 1.807) is 6.20 Å². The maximum Gasteiger partial charge on any atom is 0.122 e. The molecule has 0 bridgehead atoms. The Morgan fingerprint density at radius 1 is 1.35 bits per heavy atom. The van der Waals surface area contributed by atoms with E-state index in [2.05, 4.69) is 30.9 Å². The van der Waals surface area contributed by atoms with Gasteiger partial charge < -0.3 is 5.73 Å². The van der Waals surface area contributed by atoms with E-state index in [1.165, 1.54) is 0 Å². The summed E-state index contributed by atoms with van der Waals surface area (Å²) in [6, 6.07) is 5.88. The van der Waals surface area contributed by atoms with Crippen molar-refractivity contribution in [3.8, 4) is 0 Å². The lowest BCUT2D eigenvalue weighted by Gasteiger charge is -2.14. The van der Waals surface area contributed by atoms with Crippen LogP contribution >= 0.6 is 0 Å². The van der Waals surface area contributed by atoms with Crippen molar-refractivity contribution in [2.45, 2.75) is 32.7 Å². The fraction of sp³-hybridized carbons (Fsp3) is 0.385. The number of rotatable bonds is 2. The van der Waals surface area contributed by atoms with Crippen molar-refractivity contribution in [1.82, 2.24) is 14.8 Å². The van der Waals surface area contributed by atoms with Gasteiger partial charge in [-0.15, -0.1) is 0 Å².